The first-order chi connectivity index (χ1) is 25.5. The van der Waals surface area contributed by atoms with Gasteiger partial charge in [0.2, 0.25) is 5.91 Å². The van der Waals surface area contributed by atoms with Crippen molar-refractivity contribution < 1.29 is 14.3 Å². The highest BCUT2D eigenvalue weighted by Crippen LogP contribution is 2.49. The van der Waals surface area contributed by atoms with E-state index in [0.717, 1.165) is 33.4 Å². The number of ether oxygens (including phenoxy) is 1. The Bertz CT molecular complexity index is 1800. The minimum absolute atomic E-state index is 0.226. The van der Waals surface area contributed by atoms with Gasteiger partial charge in [0.1, 0.15) is 6.04 Å². The van der Waals surface area contributed by atoms with E-state index in [2.05, 4.69) is 120 Å². The SMILES string of the molecule is CCOC(=O)[C@H](C)NC(=O)[C@H](CSC(c1ccccc1)(c1ccccc1)c1ccccc1)NC(c1ccccc1)(c1ccccc1)c1ccccc1. The molecule has 6 heteroatoms. The predicted molar refractivity (Wildman–Crippen MR) is 212 cm³/mol. The van der Waals surface area contributed by atoms with E-state index in [1.165, 1.54) is 0 Å². The zero-order valence-electron chi connectivity index (χ0n) is 29.5. The Hall–Kier alpha value is -5.43. The third kappa shape index (κ3) is 7.74. The monoisotopic (exact) mass is 704 g/mol. The fraction of sp³-hybridized carbons (Fsp3) is 0.174. The predicted octanol–water partition coefficient (Wildman–Crippen LogP) is 8.73. The van der Waals surface area contributed by atoms with Crippen molar-refractivity contribution in [1.29, 1.82) is 0 Å². The van der Waals surface area contributed by atoms with Crippen molar-refractivity contribution in [2.45, 2.75) is 36.2 Å². The van der Waals surface area contributed by atoms with E-state index in [1.54, 1.807) is 25.6 Å². The van der Waals surface area contributed by atoms with E-state index in [-0.39, 0.29) is 12.5 Å². The molecule has 0 bridgehead atoms. The van der Waals surface area contributed by atoms with E-state index >= 15 is 0 Å². The molecule has 0 aromatic heterocycles. The summed E-state index contributed by atoms with van der Waals surface area (Å²) in [7, 11) is 0. The van der Waals surface area contributed by atoms with Crippen molar-refractivity contribution in [3.8, 4) is 0 Å². The van der Waals surface area contributed by atoms with E-state index in [0.29, 0.717) is 5.75 Å². The highest BCUT2D eigenvalue weighted by Gasteiger charge is 2.43. The number of benzene rings is 6. The highest BCUT2D eigenvalue weighted by molar-refractivity contribution is 8.00. The molecule has 6 rings (SSSR count). The highest BCUT2D eigenvalue weighted by atomic mass is 32.2. The van der Waals surface area contributed by atoms with Gasteiger partial charge in [0.25, 0.3) is 0 Å². The first-order valence-electron chi connectivity index (χ1n) is 17.7. The molecule has 0 heterocycles. The first-order valence-corrected chi connectivity index (χ1v) is 18.7. The molecule has 6 aromatic carbocycles. The van der Waals surface area contributed by atoms with E-state index in [9.17, 15) is 9.59 Å². The van der Waals surface area contributed by atoms with Gasteiger partial charge < -0.3 is 10.1 Å². The van der Waals surface area contributed by atoms with Crippen LogP contribution in [0.25, 0.3) is 0 Å². The average Bonchev–Trinajstić information content (AvgIpc) is 3.21. The molecule has 5 nitrogen and oxygen atoms in total. The van der Waals surface area contributed by atoms with E-state index in [1.807, 2.05) is 72.8 Å². The van der Waals surface area contributed by atoms with Crippen LogP contribution in [0.2, 0.25) is 0 Å². The van der Waals surface area contributed by atoms with Crippen LogP contribution in [0.5, 0.6) is 0 Å². The molecule has 262 valence electrons. The maximum Gasteiger partial charge on any atom is 0.328 e. The van der Waals surface area contributed by atoms with Gasteiger partial charge in [-0.25, -0.2) is 4.79 Å². The van der Waals surface area contributed by atoms with Crippen LogP contribution in [0.3, 0.4) is 0 Å². The summed E-state index contributed by atoms with van der Waals surface area (Å²) in [5.41, 5.74) is 5.29. The lowest BCUT2D eigenvalue weighted by Crippen LogP contribution is -2.58. The molecular weight excluding hydrogens is 661 g/mol. The van der Waals surface area contributed by atoms with Crippen molar-refractivity contribution in [2.75, 3.05) is 12.4 Å². The van der Waals surface area contributed by atoms with Crippen molar-refractivity contribution in [3.05, 3.63) is 215 Å². The van der Waals surface area contributed by atoms with Gasteiger partial charge >= 0.3 is 5.97 Å². The molecule has 0 fully saturated rings. The van der Waals surface area contributed by atoms with Gasteiger partial charge in [-0.05, 0) is 47.2 Å². The summed E-state index contributed by atoms with van der Waals surface area (Å²) in [5, 5.41) is 6.94. The van der Waals surface area contributed by atoms with Gasteiger partial charge in [-0.15, -0.1) is 11.8 Å². The van der Waals surface area contributed by atoms with E-state index in [4.69, 9.17) is 4.74 Å². The van der Waals surface area contributed by atoms with Gasteiger partial charge in [-0.1, -0.05) is 182 Å². The van der Waals surface area contributed by atoms with Crippen molar-refractivity contribution in [2.24, 2.45) is 0 Å². The Kier molecular flexibility index (Phi) is 12.0. The fourth-order valence-corrected chi connectivity index (χ4v) is 8.44. The summed E-state index contributed by atoms with van der Waals surface area (Å²) < 4.78 is 4.63. The van der Waals surface area contributed by atoms with Gasteiger partial charge in [-0.2, -0.15) is 0 Å². The molecule has 52 heavy (non-hydrogen) atoms. The third-order valence-corrected chi connectivity index (χ3v) is 11.0. The zero-order valence-corrected chi connectivity index (χ0v) is 30.3. The van der Waals surface area contributed by atoms with Crippen LogP contribution in [0.15, 0.2) is 182 Å². The molecule has 6 aromatic rings. The lowest BCUT2D eigenvalue weighted by atomic mass is 9.76. The standard InChI is InChI=1S/C46H44N2O3S/c1-3-51-44(50)35(2)47-43(49)42(48-45(36-22-10-4-11-23-36,37-24-12-5-13-25-37)38-26-14-6-15-27-38)34-52-46(39-28-16-7-17-29-39,40-30-18-8-19-31-40)41-32-20-9-21-33-41/h4-33,35,42,48H,3,34H2,1-2H3,(H,47,49)/t35-,42-/m0/s1. The van der Waals surface area contributed by atoms with Crippen LogP contribution in [-0.2, 0) is 24.6 Å². The molecule has 0 saturated heterocycles. The number of hydrogen-bond acceptors (Lipinski definition) is 5. The second kappa shape index (κ2) is 17.2. The lowest BCUT2D eigenvalue weighted by Gasteiger charge is -2.41. The number of nitrogens with one attached hydrogen (secondary N) is 2. The van der Waals surface area contributed by atoms with Gasteiger partial charge in [0.15, 0.2) is 0 Å². The third-order valence-electron chi connectivity index (χ3n) is 9.33. The number of hydrogen-bond donors (Lipinski definition) is 2. The molecule has 2 N–H and O–H groups in total. The Morgan fingerprint density at radius 2 is 0.885 bits per heavy atom. The molecule has 0 aliphatic carbocycles. The van der Waals surface area contributed by atoms with Crippen LogP contribution in [0, 0.1) is 0 Å². The second-order valence-corrected chi connectivity index (χ2v) is 13.9. The van der Waals surface area contributed by atoms with E-state index < -0.39 is 28.3 Å². The molecule has 1 amide bonds. The second-order valence-electron chi connectivity index (χ2n) is 12.6. The molecule has 0 spiro atoms. The van der Waals surface area contributed by atoms with Crippen LogP contribution >= 0.6 is 11.8 Å². The summed E-state index contributed by atoms with van der Waals surface area (Å²) in [4.78, 5) is 27.6. The van der Waals surface area contributed by atoms with Crippen molar-refractivity contribution in [3.63, 3.8) is 0 Å². The topological polar surface area (TPSA) is 67.4 Å². The molecule has 0 aliphatic rings. The van der Waals surface area contributed by atoms with Crippen LogP contribution < -0.4 is 10.6 Å². The molecule has 0 radical (unpaired) electrons. The molecule has 2 atom stereocenters. The summed E-state index contributed by atoms with van der Waals surface area (Å²) in [5.74, 6) is -0.438. The maximum atomic E-state index is 14.8. The maximum absolute atomic E-state index is 14.8. The smallest absolute Gasteiger partial charge is 0.328 e. The molecule has 0 saturated carbocycles. The minimum atomic E-state index is -0.936. The number of thioether (sulfide) groups is 1. The van der Waals surface area contributed by atoms with Crippen LogP contribution in [0.1, 0.15) is 47.2 Å². The van der Waals surface area contributed by atoms with Crippen molar-refractivity contribution in [1.82, 2.24) is 10.6 Å². The molecule has 0 aliphatic heterocycles. The largest absolute Gasteiger partial charge is 0.464 e. The van der Waals surface area contributed by atoms with Gasteiger partial charge in [0, 0.05) is 5.75 Å². The van der Waals surface area contributed by atoms with Crippen LogP contribution in [0.4, 0.5) is 0 Å². The number of amides is 1. The van der Waals surface area contributed by atoms with Crippen LogP contribution in [-0.4, -0.2) is 36.3 Å². The number of carbonyl (C=O) groups is 2. The number of carbonyl (C=O) groups excluding carboxylic acids is 2. The Balaban J connectivity index is 1.53. The van der Waals surface area contributed by atoms with Crippen molar-refractivity contribution >= 4 is 23.6 Å². The normalized spacial score (nSPS) is 12.7. The first kappa shape index (κ1) is 36.4. The minimum Gasteiger partial charge on any atom is -0.464 e. The summed E-state index contributed by atoms with van der Waals surface area (Å²) in [6.07, 6.45) is 0. The summed E-state index contributed by atoms with van der Waals surface area (Å²) >= 11 is 1.70. The Morgan fingerprint density at radius 1 is 0.558 bits per heavy atom. The number of esters is 1. The van der Waals surface area contributed by atoms with Gasteiger partial charge in [0.05, 0.1) is 22.9 Å². The Morgan fingerprint density at radius 3 is 1.21 bits per heavy atom. The van der Waals surface area contributed by atoms with Gasteiger partial charge in [-0.3, -0.25) is 10.1 Å². The lowest BCUT2D eigenvalue weighted by molar-refractivity contribution is -0.147. The quantitative estimate of drug-likeness (QED) is 0.0827. The average molecular weight is 705 g/mol. The summed E-state index contributed by atoms with van der Waals surface area (Å²) in [6, 6.07) is 60.4. The number of rotatable bonds is 15. The Labute approximate surface area is 311 Å². The zero-order chi connectivity index (χ0) is 36.2. The fourth-order valence-electron chi connectivity index (χ4n) is 6.88. The summed E-state index contributed by atoms with van der Waals surface area (Å²) in [6.45, 7) is 3.66. The molecular formula is C46H44N2O3S. The molecule has 0 unspecified atom stereocenters.